The first-order valence-corrected chi connectivity index (χ1v) is 7.75. The third-order valence-corrected chi connectivity index (χ3v) is 4.10. The lowest BCUT2D eigenvalue weighted by molar-refractivity contribution is -0.116. The number of nitrogens with zero attached hydrogens (tertiary/aromatic N) is 2. The molecule has 6 nitrogen and oxygen atoms in total. The van der Waals surface area contributed by atoms with Gasteiger partial charge in [-0.15, -0.1) is 0 Å². The van der Waals surface area contributed by atoms with Gasteiger partial charge in [-0.25, -0.2) is 0 Å². The molecule has 25 heavy (non-hydrogen) atoms. The zero-order valence-electron chi connectivity index (χ0n) is 13.6. The van der Waals surface area contributed by atoms with E-state index in [4.69, 9.17) is 5.26 Å². The Morgan fingerprint density at radius 3 is 2.44 bits per heavy atom. The Labute approximate surface area is 144 Å². The van der Waals surface area contributed by atoms with Crippen molar-refractivity contribution in [3.63, 3.8) is 0 Å². The van der Waals surface area contributed by atoms with Crippen molar-refractivity contribution in [1.82, 2.24) is 4.90 Å². The summed E-state index contributed by atoms with van der Waals surface area (Å²) in [6.07, 6.45) is 0.818. The second kappa shape index (κ2) is 6.57. The Morgan fingerprint density at radius 1 is 1.08 bits per heavy atom. The van der Waals surface area contributed by atoms with Crippen LogP contribution in [0.15, 0.2) is 42.5 Å². The summed E-state index contributed by atoms with van der Waals surface area (Å²) in [5.74, 6) is -0.887. The zero-order chi connectivity index (χ0) is 18.0. The second-order valence-electron chi connectivity index (χ2n) is 5.79. The van der Waals surface area contributed by atoms with Crippen molar-refractivity contribution >= 4 is 23.4 Å². The second-order valence-corrected chi connectivity index (χ2v) is 5.79. The van der Waals surface area contributed by atoms with Crippen LogP contribution in [-0.4, -0.2) is 29.7 Å². The maximum atomic E-state index is 12.1. The molecule has 2 aromatic carbocycles. The molecule has 3 amide bonds. The van der Waals surface area contributed by atoms with Gasteiger partial charge in [0.15, 0.2) is 0 Å². The zero-order valence-corrected chi connectivity index (χ0v) is 13.6. The maximum absolute atomic E-state index is 12.1. The summed E-state index contributed by atoms with van der Waals surface area (Å²) in [5, 5.41) is 11.5. The Hall–Kier alpha value is -3.46. The van der Waals surface area contributed by atoms with Gasteiger partial charge in [0.2, 0.25) is 5.91 Å². The molecule has 0 aliphatic carbocycles. The number of hydrogen-bond acceptors (Lipinski definition) is 4. The summed E-state index contributed by atoms with van der Waals surface area (Å²) in [7, 11) is 1.43. The molecule has 1 aliphatic heterocycles. The number of rotatable bonds is 4. The quantitative estimate of drug-likeness (QED) is 0.870. The Kier molecular flexibility index (Phi) is 4.31. The van der Waals surface area contributed by atoms with E-state index in [-0.39, 0.29) is 24.1 Å². The van der Waals surface area contributed by atoms with Crippen molar-refractivity contribution in [2.45, 2.75) is 12.8 Å². The minimum atomic E-state index is -0.367. The monoisotopic (exact) mass is 333 g/mol. The van der Waals surface area contributed by atoms with Crippen LogP contribution in [0.5, 0.6) is 0 Å². The molecule has 0 spiro atoms. The van der Waals surface area contributed by atoms with Gasteiger partial charge in [0.05, 0.1) is 22.8 Å². The van der Waals surface area contributed by atoms with Gasteiger partial charge < -0.3 is 5.32 Å². The van der Waals surface area contributed by atoms with Crippen LogP contribution in [0.3, 0.4) is 0 Å². The lowest BCUT2D eigenvalue weighted by Gasteiger charge is -2.06. The third kappa shape index (κ3) is 3.26. The van der Waals surface area contributed by atoms with E-state index in [0.717, 1.165) is 10.5 Å². The average molecular weight is 333 g/mol. The molecule has 0 fully saturated rings. The fourth-order valence-electron chi connectivity index (χ4n) is 2.67. The predicted molar refractivity (Wildman–Crippen MR) is 91.0 cm³/mol. The lowest BCUT2D eigenvalue weighted by Crippen LogP contribution is -2.24. The number of nitriles is 1. The van der Waals surface area contributed by atoms with E-state index in [1.807, 2.05) is 18.2 Å². The summed E-state index contributed by atoms with van der Waals surface area (Å²) >= 11 is 0. The van der Waals surface area contributed by atoms with E-state index < -0.39 is 0 Å². The molecule has 0 unspecified atom stereocenters. The highest BCUT2D eigenvalue weighted by Crippen LogP contribution is 2.24. The molecule has 124 valence electrons. The van der Waals surface area contributed by atoms with Crippen molar-refractivity contribution in [2.75, 3.05) is 12.4 Å². The lowest BCUT2D eigenvalue weighted by atomic mass is 10.1. The van der Waals surface area contributed by atoms with Gasteiger partial charge in [-0.2, -0.15) is 5.26 Å². The van der Waals surface area contributed by atoms with E-state index >= 15 is 0 Å². The van der Waals surface area contributed by atoms with Crippen LogP contribution >= 0.6 is 0 Å². The molecule has 0 atom stereocenters. The third-order valence-electron chi connectivity index (χ3n) is 4.10. The van der Waals surface area contributed by atoms with Crippen LogP contribution in [0.1, 0.15) is 38.3 Å². The van der Waals surface area contributed by atoms with Gasteiger partial charge in [-0.1, -0.05) is 12.1 Å². The first-order chi connectivity index (χ1) is 12.0. The highest BCUT2D eigenvalue weighted by Gasteiger charge is 2.32. The fourth-order valence-corrected chi connectivity index (χ4v) is 2.67. The number of amides is 3. The van der Waals surface area contributed by atoms with E-state index in [9.17, 15) is 14.4 Å². The first-order valence-electron chi connectivity index (χ1n) is 7.75. The average Bonchev–Trinajstić information content (AvgIpc) is 2.84. The number of benzene rings is 2. The Bertz CT molecular complexity index is 911. The topological polar surface area (TPSA) is 90.3 Å². The first kappa shape index (κ1) is 16.4. The van der Waals surface area contributed by atoms with Gasteiger partial charge in [0.1, 0.15) is 0 Å². The SMILES string of the molecule is CN1C(=O)c2ccc(NC(=O)CCc3ccc(C#N)cc3)cc2C1=O. The number of fused-ring (bicyclic) bond motifs is 1. The molecule has 0 saturated heterocycles. The largest absolute Gasteiger partial charge is 0.326 e. The minimum absolute atomic E-state index is 0.186. The van der Waals surface area contributed by atoms with Crippen molar-refractivity contribution < 1.29 is 14.4 Å². The number of aryl methyl sites for hydroxylation is 1. The molecule has 1 heterocycles. The number of carbonyl (C=O) groups excluding carboxylic acids is 3. The van der Waals surface area contributed by atoms with Crippen LogP contribution in [0.2, 0.25) is 0 Å². The smallest absolute Gasteiger partial charge is 0.261 e. The summed E-state index contributed by atoms with van der Waals surface area (Å²) in [4.78, 5) is 37.0. The fraction of sp³-hybridized carbons (Fsp3) is 0.158. The molecule has 2 aromatic rings. The molecule has 0 bridgehead atoms. The molecule has 0 radical (unpaired) electrons. The highest BCUT2D eigenvalue weighted by atomic mass is 16.2. The van der Waals surface area contributed by atoms with Crippen LogP contribution in [0.4, 0.5) is 5.69 Å². The maximum Gasteiger partial charge on any atom is 0.261 e. The number of carbonyl (C=O) groups is 3. The van der Waals surface area contributed by atoms with Crippen molar-refractivity contribution in [3.8, 4) is 6.07 Å². The molecular weight excluding hydrogens is 318 g/mol. The van der Waals surface area contributed by atoms with E-state index in [1.165, 1.54) is 13.1 Å². The Balaban J connectivity index is 1.63. The number of anilines is 1. The summed E-state index contributed by atoms with van der Waals surface area (Å²) in [6, 6.07) is 13.8. The number of imide groups is 1. The van der Waals surface area contributed by atoms with Crippen LogP contribution < -0.4 is 5.32 Å². The molecule has 6 heteroatoms. The molecule has 1 N–H and O–H groups in total. The molecule has 0 aromatic heterocycles. The summed E-state index contributed by atoms with van der Waals surface area (Å²) < 4.78 is 0. The van der Waals surface area contributed by atoms with Crippen molar-refractivity contribution in [2.24, 2.45) is 0 Å². The van der Waals surface area contributed by atoms with Gasteiger partial charge >= 0.3 is 0 Å². The van der Waals surface area contributed by atoms with Gasteiger partial charge in [-0.3, -0.25) is 19.3 Å². The van der Waals surface area contributed by atoms with E-state index in [1.54, 1.807) is 24.3 Å². The molecule has 0 saturated carbocycles. The van der Waals surface area contributed by atoms with Crippen LogP contribution in [0.25, 0.3) is 0 Å². The standard InChI is InChI=1S/C19H15N3O3/c1-22-18(24)15-8-7-14(10-16(15)19(22)25)21-17(23)9-6-12-2-4-13(11-20)5-3-12/h2-5,7-8,10H,6,9H2,1H3,(H,21,23). The molecule has 1 aliphatic rings. The van der Waals surface area contributed by atoms with Crippen molar-refractivity contribution in [1.29, 1.82) is 5.26 Å². The summed E-state index contributed by atoms with van der Waals surface area (Å²) in [5.41, 5.74) is 2.68. The van der Waals surface area contributed by atoms with Gasteiger partial charge in [0.25, 0.3) is 11.8 Å². The normalized spacial score (nSPS) is 12.7. The predicted octanol–water partition coefficient (Wildman–Crippen LogP) is 2.36. The van der Waals surface area contributed by atoms with Gasteiger partial charge in [0, 0.05) is 19.2 Å². The van der Waals surface area contributed by atoms with Crippen LogP contribution in [-0.2, 0) is 11.2 Å². The molecule has 3 rings (SSSR count). The number of hydrogen-bond donors (Lipinski definition) is 1. The van der Waals surface area contributed by atoms with E-state index in [0.29, 0.717) is 28.8 Å². The van der Waals surface area contributed by atoms with E-state index in [2.05, 4.69) is 5.32 Å². The van der Waals surface area contributed by atoms with Gasteiger partial charge in [-0.05, 0) is 42.3 Å². The number of nitrogens with one attached hydrogen (secondary N) is 1. The molecular formula is C19H15N3O3. The van der Waals surface area contributed by atoms with Crippen LogP contribution in [0, 0.1) is 11.3 Å². The van der Waals surface area contributed by atoms with Crippen molar-refractivity contribution in [3.05, 3.63) is 64.7 Å². The minimum Gasteiger partial charge on any atom is -0.326 e. The highest BCUT2D eigenvalue weighted by molar-refractivity contribution is 6.21. The summed E-state index contributed by atoms with van der Waals surface area (Å²) in [6.45, 7) is 0. The Morgan fingerprint density at radius 2 is 1.76 bits per heavy atom.